The van der Waals surface area contributed by atoms with Gasteiger partial charge in [-0.3, -0.25) is 9.78 Å². The van der Waals surface area contributed by atoms with Gasteiger partial charge in [0.15, 0.2) is 0 Å². The quantitative estimate of drug-likeness (QED) is 0.211. The molecule has 3 aromatic rings. The van der Waals surface area contributed by atoms with Crippen molar-refractivity contribution >= 4 is 17.7 Å². The summed E-state index contributed by atoms with van der Waals surface area (Å²) in [6.45, 7) is 16.1. The molecule has 2 aliphatic carbocycles. The molecular weight excluding hydrogens is 576 g/mol. The topological polar surface area (TPSA) is 127 Å². The van der Waals surface area contributed by atoms with E-state index in [1.807, 2.05) is 24.5 Å². The molecule has 0 spiro atoms. The van der Waals surface area contributed by atoms with Crippen LogP contribution in [0.15, 0.2) is 36.9 Å². The molecule has 3 heterocycles. The minimum atomic E-state index is -0.314. The summed E-state index contributed by atoms with van der Waals surface area (Å²) in [7, 11) is 1.54. The van der Waals surface area contributed by atoms with Crippen LogP contribution in [0.3, 0.4) is 0 Å². The van der Waals surface area contributed by atoms with Gasteiger partial charge in [-0.25, -0.2) is 15.0 Å². The number of pyridine rings is 1. The second-order valence-corrected chi connectivity index (χ2v) is 15.4. The number of carbonyl (C=O) groups excluding carboxylic acids is 1. The highest BCUT2D eigenvalue weighted by Crippen LogP contribution is 2.42. The second-order valence-electron chi connectivity index (χ2n) is 15.4. The van der Waals surface area contributed by atoms with Crippen molar-refractivity contribution in [1.82, 2.24) is 30.2 Å². The van der Waals surface area contributed by atoms with Gasteiger partial charge in [0.25, 0.3) is 0 Å². The molecule has 2 saturated carbocycles. The molecule has 1 atom stereocenters. The predicted molar refractivity (Wildman–Crippen MR) is 183 cm³/mol. The minimum Gasteiger partial charge on any atom is -0.467 e. The number of aromatic nitrogens is 5. The van der Waals surface area contributed by atoms with Crippen LogP contribution in [0, 0.1) is 17.3 Å². The van der Waals surface area contributed by atoms with Crippen molar-refractivity contribution in [3.05, 3.63) is 48.2 Å². The van der Waals surface area contributed by atoms with Gasteiger partial charge in [0, 0.05) is 60.1 Å². The number of nitrogens with zero attached hydrogens (tertiary/aromatic N) is 5. The maximum Gasteiger partial charge on any atom is 0.316 e. The van der Waals surface area contributed by atoms with Crippen molar-refractivity contribution in [3.8, 4) is 17.1 Å². The highest BCUT2D eigenvalue weighted by atomic mass is 16.5. The molecule has 3 aromatic heterocycles. The molecule has 1 unspecified atom stereocenters. The van der Waals surface area contributed by atoms with Crippen molar-refractivity contribution in [1.29, 1.82) is 0 Å². The molecule has 0 aliphatic heterocycles. The molecule has 2 fully saturated rings. The largest absolute Gasteiger partial charge is 0.467 e. The maximum absolute atomic E-state index is 13.6. The Labute approximate surface area is 274 Å². The van der Waals surface area contributed by atoms with E-state index in [0.29, 0.717) is 35.9 Å². The van der Waals surface area contributed by atoms with Crippen LogP contribution in [0.4, 0.5) is 11.8 Å². The molecule has 46 heavy (non-hydrogen) atoms. The molecule has 10 heteroatoms. The Morgan fingerprint density at radius 1 is 0.913 bits per heavy atom. The fourth-order valence-electron chi connectivity index (χ4n) is 6.79. The third kappa shape index (κ3) is 8.30. The van der Waals surface area contributed by atoms with Gasteiger partial charge in [-0.2, -0.15) is 4.98 Å². The number of carbonyl (C=O) groups is 1. The van der Waals surface area contributed by atoms with E-state index < -0.39 is 0 Å². The summed E-state index contributed by atoms with van der Waals surface area (Å²) in [6, 6.07) is 4.99. The van der Waals surface area contributed by atoms with Crippen molar-refractivity contribution in [2.45, 2.75) is 110 Å². The van der Waals surface area contributed by atoms with E-state index in [-0.39, 0.29) is 29.2 Å². The summed E-state index contributed by atoms with van der Waals surface area (Å²) in [5, 5.41) is 10.5. The Bertz CT molecular complexity index is 1450. The second kappa shape index (κ2) is 13.9. The van der Waals surface area contributed by atoms with Crippen molar-refractivity contribution < 1.29 is 9.53 Å². The van der Waals surface area contributed by atoms with Gasteiger partial charge < -0.3 is 20.7 Å². The monoisotopic (exact) mass is 628 g/mol. The highest BCUT2D eigenvalue weighted by Gasteiger charge is 2.37. The zero-order valence-corrected chi connectivity index (χ0v) is 28.9. The van der Waals surface area contributed by atoms with E-state index >= 15 is 0 Å². The predicted octanol–water partition coefficient (Wildman–Crippen LogP) is 6.76. The average Bonchev–Trinajstić information content (AvgIpc) is 3.00. The number of ether oxygens (including phenoxy) is 1. The molecule has 0 bridgehead atoms. The van der Waals surface area contributed by atoms with E-state index in [2.05, 4.69) is 74.4 Å². The van der Waals surface area contributed by atoms with Crippen LogP contribution in [0.25, 0.3) is 11.1 Å². The lowest BCUT2D eigenvalue weighted by atomic mass is 9.68. The molecular formula is C36H52N8O2. The molecule has 1 amide bonds. The minimum absolute atomic E-state index is 0.0501. The van der Waals surface area contributed by atoms with Gasteiger partial charge >= 0.3 is 6.01 Å². The van der Waals surface area contributed by atoms with Gasteiger partial charge in [0.1, 0.15) is 5.82 Å². The fourth-order valence-corrected chi connectivity index (χ4v) is 6.79. The van der Waals surface area contributed by atoms with Gasteiger partial charge in [0.2, 0.25) is 11.9 Å². The summed E-state index contributed by atoms with van der Waals surface area (Å²) in [4.78, 5) is 36.6. The highest BCUT2D eigenvalue weighted by molar-refractivity contribution is 5.83. The molecule has 0 radical (unpaired) electrons. The first-order valence-electron chi connectivity index (χ1n) is 16.8. The fraction of sp³-hybridized carbons (Fsp3) is 0.611. The Kier molecular flexibility index (Phi) is 10.1. The summed E-state index contributed by atoms with van der Waals surface area (Å²) < 4.78 is 5.08. The number of amides is 1. The smallest absolute Gasteiger partial charge is 0.316 e. The lowest BCUT2D eigenvalue weighted by molar-refractivity contribution is -0.124. The van der Waals surface area contributed by atoms with Crippen LogP contribution in [-0.2, 0) is 10.2 Å². The molecule has 2 aliphatic rings. The lowest BCUT2D eigenvalue weighted by Crippen LogP contribution is -2.42. The zero-order valence-electron chi connectivity index (χ0n) is 28.9. The standard InChI is InChI=1S/C36H52N8O2/c1-22(2)17-38-32(45)30(29-14-11-24(18-37-29)25-19-40-34(46-8)41-20-25)23-9-12-26(13-10-23)43-33-39-21-28(35(3,4)5)31(44-33)42-27-15-36(6,7)16-27/h11,14,18-23,26-27,30H,9-10,12-13,15-17H2,1-8H3,(H,38,45)(H2,39,42,43,44). The molecule has 5 rings (SSSR count). The first kappa shape index (κ1) is 33.5. The normalized spacial score (nSPS) is 20.5. The third-order valence-corrected chi connectivity index (χ3v) is 9.33. The number of rotatable bonds is 11. The van der Waals surface area contributed by atoms with Crippen LogP contribution in [0.2, 0.25) is 0 Å². The van der Waals surface area contributed by atoms with Crippen LogP contribution in [-0.4, -0.2) is 56.6 Å². The summed E-state index contributed by atoms with van der Waals surface area (Å²) in [5.74, 6) is 1.91. The van der Waals surface area contributed by atoms with E-state index in [9.17, 15) is 4.79 Å². The molecule has 3 N–H and O–H groups in total. The van der Waals surface area contributed by atoms with Crippen LogP contribution < -0.4 is 20.7 Å². The molecule has 0 aromatic carbocycles. The summed E-state index contributed by atoms with van der Waals surface area (Å²) >= 11 is 0. The molecule has 248 valence electrons. The zero-order chi connectivity index (χ0) is 33.1. The van der Waals surface area contributed by atoms with Gasteiger partial charge in [-0.1, -0.05) is 54.5 Å². The summed E-state index contributed by atoms with van der Waals surface area (Å²) in [6.07, 6.45) is 13.2. The number of anilines is 2. The van der Waals surface area contributed by atoms with E-state index in [1.165, 1.54) is 0 Å². The van der Waals surface area contributed by atoms with Crippen LogP contribution >= 0.6 is 0 Å². The average molecular weight is 629 g/mol. The first-order chi connectivity index (χ1) is 21.8. The van der Waals surface area contributed by atoms with Gasteiger partial charge in [-0.15, -0.1) is 0 Å². The maximum atomic E-state index is 13.6. The number of hydrogen-bond donors (Lipinski definition) is 3. The van der Waals surface area contributed by atoms with Crippen LogP contribution in [0.1, 0.15) is 104 Å². The Morgan fingerprint density at radius 3 is 2.15 bits per heavy atom. The van der Waals surface area contributed by atoms with E-state index in [0.717, 1.165) is 66.7 Å². The van der Waals surface area contributed by atoms with Gasteiger partial charge in [0.05, 0.1) is 18.7 Å². The number of methoxy groups -OCH3 is 1. The third-order valence-electron chi connectivity index (χ3n) is 9.33. The van der Waals surface area contributed by atoms with Gasteiger partial charge in [-0.05, 0) is 67.3 Å². The van der Waals surface area contributed by atoms with Crippen LogP contribution in [0.5, 0.6) is 6.01 Å². The first-order valence-corrected chi connectivity index (χ1v) is 16.8. The number of nitrogens with one attached hydrogen (secondary N) is 3. The Balaban J connectivity index is 1.27. The molecule has 10 nitrogen and oxygen atoms in total. The molecule has 0 saturated heterocycles. The Hall–Kier alpha value is -3.82. The number of hydrogen-bond acceptors (Lipinski definition) is 9. The Morgan fingerprint density at radius 2 is 1.59 bits per heavy atom. The van der Waals surface area contributed by atoms with Crippen molar-refractivity contribution in [2.24, 2.45) is 17.3 Å². The van der Waals surface area contributed by atoms with Crippen molar-refractivity contribution in [3.63, 3.8) is 0 Å². The van der Waals surface area contributed by atoms with E-state index in [4.69, 9.17) is 19.7 Å². The lowest BCUT2D eigenvalue weighted by Gasteiger charge is -2.43. The van der Waals surface area contributed by atoms with E-state index in [1.54, 1.807) is 19.5 Å². The summed E-state index contributed by atoms with van der Waals surface area (Å²) in [5.41, 5.74) is 4.01. The van der Waals surface area contributed by atoms with Crippen molar-refractivity contribution in [2.75, 3.05) is 24.3 Å². The SMILES string of the molecule is COc1ncc(-c2ccc(C(C(=O)NCC(C)C)C3CCC(Nc4ncc(C(C)(C)C)c(NC5CC(C)(C)C5)n4)CC3)nc2)cn1.